The first kappa shape index (κ1) is 12.6. The monoisotopic (exact) mass is 272 g/mol. The van der Waals surface area contributed by atoms with Gasteiger partial charge in [0.2, 0.25) is 0 Å². The highest BCUT2D eigenvalue weighted by molar-refractivity contribution is 5.39. The van der Waals surface area contributed by atoms with E-state index in [1.807, 2.05) is 6.07 Å². The van der Waals surface area contributed by atoms with Gasteiger partial charge >= 0.3 is 0 Å². The quantitative estimate of drug-likeness (QED) is 0.916. The van der Waals surface area contributed by atoms with E-state index >= 15 is 0 Å². The Labute approximate surface area is 120 Å². The number of hydrogen-bond donors (Lipinski definition) is 1. The van der Waals surface area contributed by atoms with Crippen LogP contribution in [0.15, 0.2) is 12.1 Å². The van der Waals surface area contributed by atoms with Crippen molar-refractivity contribution in [1.82, 2.24) is 10.2 Å². The Morgan fingerprint density at radius 1 is 1.05 bits per heavy atom. The molecular formula is C16H24N4. The Hall–Kier alpha value is -1.16. The van der Waals surface area contributed by atoms with Gasteiger partial charge in [-0.05, 0) is 67.9 Å². The molecule has 1 aromatic rings. The Kier molecular flexibility index (Phi) is 2.95. The summed E-state index contributed by atoms with van der Waals surface area (Å²) in [6, 6.07) is 4.77. The van der Waals surface area contributed by atoms with Gasteiger partial charge in [-0.2, -0.15) is 5.10 Å². The molecule has 0 radical (unpaired) electrons. The lowest BCUT2D eigenvalue weighted by Crippen LogP contribution is -2.55. The Morgan fingerprint density at radius 2 is 1.70 bits per heavy atom. The molecule has 4 saturated carbocycles. The molecule has 4 aliphatic rings. The molecule has 2 N–H and O–H groups in total. The fourth-order valence-corrected chi connectivity index (χ4v) is 5.33. The molecule has 1 aromatic heterocycles. The molecule has 4 fully saturated rings. The maximum Gasteiger partial charge on any atom is 0.151 e. The van der Waals surface area contributed by atoms with Gasteiger partial charge in [-0.25, -0.2) is 0 Å². The lowest BCUT2D eigenvalue weighted by molar-refractivity contribution is -0.00146. The van der Waals surface area contributed by atoms with E-state index in [1.54, 1.807) is 0 Å². The van der Waals surface area contributed by atoms with Gasteiger partial charge in [0.15, 0.2) is 5.82 Å². The minimum absolute atomic E-state index is 0.467. The van der Waals surface area contributed by atoms with E-state index in [2.05, 4.69) is 28.2 Å². The first-order valence-electron chi connectivity index (χ1n) is 8.00. The van der Waals surface area contributed by atoms with Gasteiger partial charge in [-0.3, -0.25) is 0 Å². The average molecular weight is 272 g/mol. The number of aromatic nitrogens is 2. The molecule has 0 aromatic carbocycles. The third-order valence-electron chi connectivity index (χ3n) is 5.90. The first-order chi connectivity index (χ1) is 9.74. The van der Waals surface area contributed by atoms with Crippen LogP contribution in [-0.4, -0.2) is 23.3 Å². The molecule has 0 aliphatic heterocycles. The normalized spacial score (nSPS) is 38.2. The zero-order chi connectivity index (χ0) is 13.7. The van der Waals surface area contributed by atoms with Crippen molar-refractivity contribution >= 4 is 5.82 Å². The van der Waals surface area contributed by atoms with Crippen molar-refractivity contribution in [3.8, 4) is 0 Å². The van der Waals surface area contributed by atoms with Crippen molar-refractivity contribution in [2.75, 3.05) is 11.9 Å². The van der Waals surface area contributed by atoms with Gasteiger partial charge in [0, 0.05) is 19.6 Å². The van der Waals surface area contributed by atoms with Crippen molar-refractivity contribution < 1.29 is 0 Å². The topological polar surface area (TPSA) is 55.0 Å². The summed E-state index contributed by atoms with van der Waals surface area (Å²) in [4.78, 5) is 2.40. The predicted molar refractivity (Wildman–Crippen MR) is 79.2 cm³/mol. The molecule has 5 rings (SSSR count). The van der Waals surface area contributed by atoms with Gasteiger partial charge in [-0.1, -0.05) is 0 Å². The number of nitrogens with two attached hydrogens (primary N) is 1. The van der Waals surface area contributed by atoms with Crippen LogP contribution in [0.2, 0.25) is 0 Å². The third-order valence-corrected chi connectivity index (χ3v) is 5.90. The van der Waals surface area contributed by atoms with Crippen LogP contribution in [-0.2, 0) is 6.54 Å². The summed E-state index contributed by atoms with van der Waals surface area (Å²) in [5.41, 5.74) is 6.47. The van der Waals surface area contributed by atoms with Crippen molar-refractivity contribution in [3.63, 3.8) is 0 Å². The van der Waals surface area contributed by atoms with Crippen LogP contribution in [0.5, 0.6) is 0 Å². The molecule has 0 atom stereocenters. The van der Waals surface area contributed by atoms with Crippen LogP contribution < -0.4 is 10.6 Å². The molecule has 4 heteroatoms. The molecule has 4 bridgehead atoms. The lowest BCUT2D eigenvalue weighted by Gasteiger charge is -2.56. The number of hydrogen-bond acceptors (Lipinski definition) is 4. The van der Waals surface area contributed by atoms with E-state index in [-0.39, 0.29) is 0 Å². The number of rotatable bonds is 3. The SMILES string of the molecule is CN(c1ccc(CN)nn1)C1C2CC3CC(C2)CC1C3. The van der Waals surface area contributed by atoms with Gasteiger partial charge < -0.3 is 10.6 Å². The summed E-state index contributed by atoms with van der Waals surface area (Å²) in [6.45, 7) is 0.467. The Balaban J connectivity index is 1.57. The van der Waals surface area contributed by atoms with Gasteiger partial charge in [-0.15, -0.1) is 5.10 Å². The summed E-state index contributed by atoms with van der Waals surface area (Å²) < 4.78 is 0. The molecule has 0 spiro atoms. The zero-order valence-corrected chi connectivity index (χ0v) is 12.2. The van der Waals surface area contributed by atoms with Crippen molar-refractivity contribution in [2.24, 2.45) is 29.4 Å². The smallest absolute Gasteiger partial charge is 0.151 e. The lowest BCUT2D eigenvalue weighted by atomic mass is 9.54. The number of nitrogens with zero attached hydrogens (tertiary/aromatic N) is 3. The molecule has 4 nitrogen and oxygen atoms in total. The minimum atomic E-state index is 0.467. The van der Waals surface area contributed by atoms with Crippen molar-refractivity contribution in [2.45, 2.75) is 44.7 Å². The largest absolute Gasteiger partial charge is 0.355 e. The van der Waals surface area contributed by atoms with E-state index in [4.69, 9.17) is 5.73 Å². The summed E-state index contributed by atoms with van der Waals surface area (Å²) >= 11 is 0. The van der Waals surface area contributed by atoms with Crippen LogP contribution in [0.3, 0.4) is 0 Å². The van der Waals surface area contributed by atoms with Gasteiger partial charge in [0.25, 0.3) is 0 Å². The highest BCUT2D eigenvalue weighted by Crippen LogP contribution is 2.55. The molecule has 4 aliphatic carbocycles. The molecule has 108 valence electrons. The second kappa shape index (κ2) is 4.69. The van der Waals surface area contributed by atoms with Crippen LogP contribution in [0, 0.1) is 23.7 Å². The maximum absolute atomic E-state index is 5.60. The standard InChI is InChI=1S/C16H24N4/c1-20(15-3-2-14(9-17)18-19-15)16-12-5-10-4-11(7-12)8-13(16)6-10/h2-3,10-13,16H,4-9,17H2,1H3. The van der Waals surface area contributed by atoms with Crippen LogP contribution in [0.4, 0.5) is 5.82 Å². The summed E-state index contributed by atoms with van der Waals surface area (Å²) in [5, 5.41) is 8.59. The summed E-state index contributed by atoms with van der Waals surface area (Å²) in [7, 11) is 2.21. The van der Waals surface area contributed by atoms with Crippen LogP contribution in [0.1, 0.15) is 37.8 Å². The zero-order valence-electron chi connectivity index (χ0n) is 12.2. The Morgan fingerprint density at radius 3 is 2.20 bits per heavy atom. The first-order valence-corrected chi connectivity index (χ1v) is 8.00. The van der Waals surface area contributed by atoms with Crippen LogP contribution >= 0.6 is 0 Å². The predicted octanol–water partition coefficient (Wildman–Crippen LogP) is 2.20. The van der Waals surface area contributed by atoms with E-state index < -0.39 is 0 Å². The van der Waals surface area contributed by atoms with E-state index in [0.717, 1.165) is 35.2 Å². The highest BCUT2D eigenvalue weighted by Gasteiger charge is 2.49. The van der Waals surface area contributed by atoms with Crippen molar-refractivity contribution in [1.29, 1.82) is 0 Å². The molecule has 0 saturated heterocycles. The van der Waals surface area contributed by atoms with Gasteiger partial charge in [0.1, 0.15) is 0 Å². The highest BCUT2D eigenvalue weighted by atomic mass is 15.3. The molecule has 1 heterocycles. The summed E-state index contributed by atoms with van der Waals surface area (Å²) in [6.07, 6.45) is 7.27. The maximum atomic E-state index is 5.60. The molecule has 0 unspecified atom stereocenters. The van der Waals surface area contributed by atoms with E-state index in [1.165, 1.54) is 32.1 Å². The molecule has 0 amide bonds. The van der Waals surface area contributed by atoms with Gasteiger partial charge in [0.05, 0.1) is 5.69 Å². The van der Waals surface area contributed by atoms with E-state index in [9.17, 15) is 0 Å². The van der Waals surface area contributed by atoms with E-state index in [0.29, 0.717) is 12.6 Å². The second-order valence-corrected chi connectivity index (χ2v) is 7.12. The molecule has 20 heavy (non-hydrogen) atoms. The summed E-state index contributed by atoms with van der Waals surface area (Å²) in [5.74, 6) is 4.82. The fraction of sp³-hybridized carbons (Fsp3) is 0.750. The fourth-order valence-electron chi connectivity index (χ4n) is 5.33. The number of anilines is 1. The minimum Gasteiger partial charge on any atom is -0.355 e. The second-order valence-electron chi connectivity index (χ2n) is 7.12. The van der Waals surface area contributed by atoms with Crippen molar-refractivity contribution in [3.05, 3.63) is 17.8 Å². The van der Waals surface area contributed by atoms with Crippen LogP contribution in [0.25, 0.3) is 0 Å². The third kappa shape index (κ3) is 1.93. The Bertz CT molecular complexity index is 456. The molecular weight excluding hydrogens is 248 g/mol. The average Bonchev–Trinajstić information content (AvgIpc) is 2.46.